The number of amides is 1. The molecule has 0 bridgehead atoms. The average molecular weight is 201 g/mol. The van der Waals surface area contributed by atoms with Gasteiger partial charge < -0.3 is 10.8 Å². The molecule has 0 heterocycles. The summed E-state index contributed by atoms with van der Waals surface area (Å²) in [6.07, 6.45) is 1.45. The van der Waals surface area contributed by atoms with E-state index in [1.165, 1.54) is 12.2 Å². The molecule has 0 aromatic rings. The average Bonchev–Trinajstić information content (AvgIpc) is 2.04. The van der Waals surface area contributed by atoms with Crippen LogP contribution in [0.15, 0.2) is 9.98 Å². The van der Waals surface area contributed by atoms with E-state index >= 15 is 0 Å². The number of carbonyl (C=O) groups excluding carboxylic acids is 2. The quantitative estimate of drug-likeness (QED) is 0.495. The number of primary amides is 1. The highest BCUT2D eigenvalue weighted by molar-refractivity contribution is 5.61. The van der Waals surface area contributed by atoms with Crippen LogP contribution in [0.1, 0.15) is 13.8 Å². The zero-order valence-electron chi connectivity index (χ0n) is 7.80. The topological polar surface area (TPSA) is 122 Å². The number of aliphatic imine (C=N–C) groups is 2. The molecule has 2 atom stereocenters. The summed E-state index contributed by atoms with van der Waals surface area (Å²) in [6, 6.07) is -0.585. The number of isocyanates is 2. The maximum Gasteiger partial charge on any atom is 0.402 e. The monoisotopic (exact) mass is 201 g/mol. The van der Waals surface area contributed by atoms with Gasteiger partial charge in [-0.05, 0) is 13.8 Å². The fraction of sp³-hybridized carbons (Fsp3) is 0.571. The summed E-state index contributed by atoms with van der Waals surface area (Å²) >= 11 is 0. The minimum Gasteiger partial charge on any atom is -0.465 e. The number of nitrogens with two attached hydrogens (primary N) is 1. The van der Waals surface area contributed by atoms with E-state index < -0.39 is 6.09 Å². The molecule has 7 nitrogen and oxygen atoms in total. The van der Waals surface area contributed by atoms with Crippen LogP contribution < -0.4 is 5.73 Å². The molecule has 0 fully saturated rings. The molecule has 0 rings (SSSR count). The molecule has 2 unspecified atom stereocenters. The van der Waals surface area contributed by atoms with Crippen LogP contribution in [0.3, 0.4) is 0 Å². The minimum atomic E-state index is -1.33. The zero-order chi connectivity index (χ0) is 11.6. The molecular formula is C7H11N3O4. The molecular weight excluding hydrogens is 190 g/mol. The van der Waals surface area contributed by atoms with Crippen molar-refractivity contribution in [1.82, 2.24) is 0 Å². The first-order valence-electron chi connectivity index (χ1n) is 3.58. The van der Waals surface area contributed by atoms with Gasteiger partial charge in [0.25, 0.3) is 0 Å². The van der Waals surface area contributed by atoms with Crippen LogP contribution in [-0.4, -0.2) is 35.4 Å². The third kappa shape index (κ3) is 12.7. The predicted molar refractivity (Wildman–Crippen MR) is 47.4 cm³/mol. The van der Waals surface area contributed by atoms with Crippen molar-refractivity contribution >= 4 is 18.3 Å². The van der Waals surface area contributed by atoms with E-state index in [2.05, 4.69) is 15.7 Å². The Morgan fingerprint density at radius 1 is 1.21 bits per heavy atom. The second-order valence-corrected chi connectivity index (χ2v) is 2.26. The molecule has 14 heavy (non-hydrogen) atoms. The van der Waals surface area contributed by atoms with Crippen molar-refractivity contribution in [1.29, 1.82) is 0 Å². The lowest BCUT2D eigenvalue weighted by atomic mass is 10.2. The SMILES string of the molecule is CC(N=C=O)C(C)N=C=O.NC(=O)O. The van der Waals surface area contributed by atoms with E-state index in [0.29, 0.717) is 0 Å². The second-order valence-electron chi connectivity index (χ2n) is 2.26. The summed E-state index contributed by atoms with van der Waals surface area (Å²) in [7, 11) is 0. The lowest BCUT2D eigenvalue weighted by Gasteiger charge is -2.04. The Kier molecular flexibility index (Phi) is 9.48. The van der Waals surface area contributed by atoms with Crippen LogP contribution in [0, 0.1) is 0 Å². The van der Waals surface area contributed by atoms with E-state index in [4.69, 9.17) is 9.90 Å². The number of nitrogens with zero attached hydrogens (tertiary/aromatic N) is 2. The van der Waals surface area contributed by atoms with Crippen molar-refractivity contribution < 1.29 is 19.5 Å². The Morgan fingerprint density at radius 2 is 1.43 bits per heavy atom. The van der Waals surface area contributed by atoms with Crippen LogP contribution in [-0.2, 0) is 9.59 Å². The molecule has 0 spiro atoms. The number of hydrogen-bond acceptors (Lipinski definition) is 5. The number of carbonyl (C=O) groups is 1. The molecule has 0 radical (unpaired) electrons. The maximum absolute atomic E-state index is 9.69. The molecule has 0 aliphatic rings. The first-order chi connectivity index (χ1) is 6.45. The highest BCUT2D eigenvalue weighted by atomic mass is 16.4. The summed E-state index contributed by atoms with van der Waals surface area (Å²) in [5.41, 5.74) is 4.03. The predicted octanol–water partition coefficient (Wildman–Crippen LogP) is 0.0581. The van der Waals surface area contributed by atoms with Gasteiger partial charge in [-0.1, -0.05) is 0 Å². The van der Waals surface area contributed by atoms with Crippen molar-refractivity contribution in [3.05, 3.63) is 0 Å². The van der Waals surface area contributed by atoms with E-state index in [1.807, 2.05) is 0 Å². The van der Waals surface area contributed by atoms with Gasteiger partial charge in [-0.15, -0.1) is 0 Å². The number of carboxylic acid groups (broad SMARTS) is 1. The Labute approximate surface area is 80.3 Å². The second kappa shape index (κ2) is 9.12. The lowest BCUT2D eigenvalue weighted by Crippen LogP contribution is -2.14. The van der Waals surface area contributed by atoms with Gasteiger partial charge in [0, 0.05) is 0 Å². The molecule has 0 aromatic heterocycles. The molecule has 3 N–H and O–H groups in total. The molecule has 0 aliphatic heterocycles. The number of hydrogen-bond donors (Lipinski definition) is 2. The Morgan fingerprint density at radius 3 is 1.57 bits per heavy atom. The van der Waals surface area contributed by atoms with Crippen LogP contribution in [0.4, 0.5) is 4.79 Å². The Bertz CT molecular complexity index is 240. The van der Waals surface area contributed by atoms with E-state index in [9.17, 15) is 9.59 Å². The summed E-state index contributed by atoms with van der Waals surface area (Å²) in [5, 5.41) is 7.19. The number of rotatable bonds is 3. The molecule has 1 amide bonds. The van der Waals surface area contributed by atoms with E-state index in [0.717, 1.165) is 0 Å². The lowest BCUT2D eigenvalue weighted by molar-refractivity contribution is 0.205. The summed E-state index contributed by atoms with van der Waals surface area (Å²) in [5.74, 6) is 0. The summed E-state index contributed by atoms with van der Waals surface area (Å²) in [6.45, 7) is 3.35. The van der Waals surface area contributed by atoms with Crippen molar-refractivity contribution in [2.24, 2.45) is 15.7 Å². The van der Waals surface area contributed by atoms with Gasteiger partial charge in [0.2, 0.25) is 12.2 Å². The van der Waals surface area contributed by atoms with Crippen molar-refractivity contribution in [3.8, 4) is 0 Å². The van der Waals surface area contributed by atoms with Gasteiger partial charge in [-0.2, -0.15) is 0 Å². The molecule has 0 aromatic carbocycles. The van der Waals surface area contributed by atoms with Gasteiger partial charge in [0.15, 0.2) is 0 Å². The van der Waals surface area contributed by atoms with E-state index in [1.54, 1.807) is 13.8 Å². The standard InChI is InChI=1S/C6H8N2O2.CH3NO2/c1-5(7-3-9)6(2)8-4-10;2-1(3)4/h5-6H,1-2H3;2H2,(H,3,4). The van der Waals surface area contributed by atoms with Crippen molar-refractivity contribution in [2.75, 3.05) is 0 Å². The van der Waals surface area contributed by atoms with Crippen LogP contribution >= 0.6 is 0 Å². The van der Waals surface area contributed by atoms with Crippen molar-refractivity contribution in [3.63, 3.8) is 0 Å². The fourth-order valence-corrected chi connectivity index (χ4v) is 0.382. The molecule has 0 saturated heterocycles. The van der Waals surface area contributed by atoms with Gasteiger partial charge in [0.1, 0.15) is 0 Å². The Hall–Kier alpha value is -1.97. The maximum atomic E-state index is 9.69. The highest BCUT2D eigenvalue weighted by Crippen LogP contribution is 1.99. The molecule has 78 valence electrons. The van der Waals surface area contributed by atoms with Gasteiger partial charge >= 0.3 is 6.09 Å². The van der Waals surface area contributed by atoms with Crippen LogP contribution in [0.5, 0.6) is 0 Å². The zero-order valence-corrected chi connectivity index (χ0v) is 7.80. The van der Waals surface area contributed by atoms with Gasteiger partial charge in [-0.3, -0.25) is 0 Å². The fourth-order valence-electron chi connectivity index (χ4n) is 0.382. The normalized spacial score (nSPS) is 11.9. The summed E-state index contributed by atoms with van der Waals surface area (Å²) in [4.78, 5) is 34.9. The van der Waals surface area contributed by atoms with Gasteiger partial charge in [0.05, 0.1) is 12.1 Å². The van der Waals surface area contributed by atoms with Crippen molar-refractivity contribution in [2.45, 2.75) is 25.9 Å². The third-order valence-corrected chi connectivity index (χ3v) is 1.21. The first-order valence-corrected chi connectivity index (χ1v) is 3.58. The highest BCUT2D eigenvalue weighted by Gasteiger charge is 2.07. The third-order valence-electron chi connectivity index (χ3n) is 1.21. The molecule has 7 heteroatoms. The van der Waals surface area contributed by atoms with Crippen LogP contribution in [0.2, 0.25) is 0 Å². The minimum absolute atomic E-state index is 0.293. The largest absolute Gasteiger partial charge is 0.465 e. The molecule has 0 aliphatic carbocycles. The summed E-state index contributed by atoms with van der Waals surface area (Å²) < 4.78 is 0. The van der Waals surface area contributed by atoms with Crippen LogP contribution in [0.25, 0.3) is 0 Å². The molecule has 0 saturated carbocycles. The van der Waals surface area contributed by atoms with E-state index in [-0.39, 0.29) is 12.1 Å². The van der Waals surface area contributed by atoms with Gasteiger partial charge in [-0.25, -0.2) is 24.4 Å². The smallest absolute Gasteiger partial charge is 0.402 e. The first kappa shape index (κ1) is 14.5. The Balaban J connectivity index is 0.